The molecule has 0 unspecified atom stereocenters. The van der Waals surface area contributed by atoms with Crippen LogP contribution in [0.25, 0.3) is 11.5 Å². The van der Waals surface area contributed by atoms with E-state index < -0.39 is 14.9 Å². The van der Waals surface area contributed by atoms with Gasteiger partial charge in [0.2, 0.25) is 15.8 Å². The highest BCUT2D eigenvalue weighted by Crippen LogP contribution is 2.23. The Morgan fingerprint density at radius 1 is 1.07 bits per heavy atom. The van der Waals surface area contributed by atoms with Crippen LogP contribution in [-0.2, 0) is 10.0 Å². The third-order valence-corrected chi connectivity index (χ3v) is 6.62. The van der Waals surface area contributed by atoms with Crippen molar-refractivity contribution in [3.63, 3.8) is 0 Å². The van der Waals surface area contributed by atoms with Crippen LogP contribution in [0.3, 0.4) is 0 Å². The van der Waals surface area contributed by atoms with Gasteiger partial charge in [-0.05, 0) is 24.3 Å². The number of carbonyl (C=O) groups is 1. The fraction of sp³-hybridized carbons (Fsp3) is 0.222. The molecule has 1 saturated heterocycles. The van der Waals surface area contributed by atoms with Crippen molar-refractivity contribution in [3.05, 3.63) is 64.5 Å². The highest BCUT2D eigenvalue weighted by Gasteiger charge is 2.31. The number of furan rings is 1. The molecule has 156 valence electrons. The first-order valence-corrected chi connectivity index (χ1v) is 10.3. The predicted molar refractivity (Wildman–Crippen MR) is 102 cm³/mol. The number of carbonyl (C=O) groups excluding carboxylic acids is 1. The average Bonchev–Trinajstić information content (AvgIpc) is 3.45. The minimum absolute atomic E-state index is 0.0348. The lowest BCUT2D eigenvalue weighted by atomic mass is 10.2. The van der Waals surface area contributed by atoms with Gasteiger partial charge in [-0.3, -0.25) is 14.9 Å². The van der Waals surface area contributed by atoms with E-state index in [0.717, 1.165) is 12.1 Å². The Morgan fingerprint density at radius 2 is 1.77 bits per heavy atom. The lowest BCUT2D eigenvalue weighted by molar-refractivity contribution is -0.384. The number of nitro groups is 1. The Hall–Kier alpha value is -3.51. The van der Waals surface area contributed by atoms with Crippen LogP contribution in [0.1, 0.15) is 10.5 Å². The molecular weight excluding hydrogens is 416 g/mol. The van der Waals surface area contributed by atoms with Gasteiger partial charge in [0.1, 0.15) is 0 Å². The summed E-state index contributed by atoms with van der Waals surface area (Å²) in [4.78, 5) is 24.3. The van der Waals surface area contributed by atoms with Gasteiger partial charge in [0.05, 0.1) is 16.1 Å². The first-order valence-electron chi connectivity index (χ1n) is 8.91. The maximum Gasteiger partial charge on any atom is 0.276 e. The van der Waals surface area contributed by atoms with Crippen molar-refractivity contribution in [2.75, 3.05) is 26.2 Å². The minimum Gasteiger partial charge on any atom is -0.461 e. The highest BCUT2D eigenvalue weighted by molar-refractivity contribution is 7.89. The van der Waals surface area contributed by atoms with E-state index in [-0.39, 0.29) is 48.4 Å². The first-order chi connectivity index (χ1) is 14.4. The quantitative estimate of drug-likeness (QED) is 0.440. The molecular formula is C18H16N4O7S. The summed E-state index contributed by atoms with van der Waals surface area (Å²) in [6, 6.07) is 9.54. The second-order valence-corrected chi connectivity index (χ2v) is 8.44. The zero-order valence-electron chi connectivity index (χ0n) is 15.5. The predicted octanol–water partition coefficient (Wildman–Crippen LogP) is 1.99. The maximum atomic E-state index is 12.8. The minimum atomic E-state index is -3.82. The highest BCUT2D eigenvalue weighted by atomic mass is 32.2. The molecule has 30 heavy (non-hydrogen) atoms. The second kappa shape index (κ2) is 7.72. The van der Waals surface area contributed by atoms with Crippen LogP contribution in [0.15, 0.2) is 62.6 Å². The summed E-state index contributed by atoms with van der Waals surface area (Å²) in [7, 11) is -3.82. The molecule has 1 aromatic carbocycles. The number of nitro benzene ring substituents is 1. The Labute approximate surface area is 170 Å². The smallest absolute Gasteiger partial charge is 0.276 e. The van der Waals surface area contributed by atoms with Crippen molar-refractivity contribution < 1.29 is 27.1 Å². The number of aromatic nitrogens is 1. The number of hydrogen-bond acceptors (Lipinski definition) is 8. The maximum absolute atomic E-state index is 12.8. The average molecular weight is 432 g/mol. The standard InChI is InChI=1S/C18H16N4O7S/c23-18(15-12-17(29-19-15)16-2-1-11-28-16)20-7-9-21(10-8-20)30(26,27)14-5-3-13(4-6-14)22(24)25/h1-6,11-12H,7-10H2. The molecule has 0 radical (unpaired) electrons. The molecule has 0 spiro atoms. The molecule has 0 bridgehead atoms. The molecule has 11 nitrogen and oxygen atoms in total. The van der Waals surface area contributed by atoms with Gasteiger partial charge >= 0.3 is 0 Å². The Bertz CT molecular complexity index is 1160. The van der Waals surface area contributed by atoms with Crippen LogP contribution in [0, 0.1) is 10.1 Å². The topological polar surface area (TPSA) is 140 Å². The molecule has 1 aliphatic rings. The van der Waals surface area contributed by atoms with E-state index in [0.29, 0.717) is 11.5 Å². The lowest BCUT2D eigenvalue weighted by Crippen LogP contribution is -2.50. The zero-order chi connectivity index (χ0) is 21.3. The second-order valence-electron chi connectivity index (χ2n) is 6.50. The number of hydrogen-bond donors (Lipinski definition) is 0. The molecule has 3 heterocycles. The van der Waals surface area contributed by atoms with Crippen molar-refractivity contribution >= 4 is 21.6 Å². The number of benzene rings is 1. The SMILES string of the molecule is O=C(c1cc(-c2ccco2)on1)N1CCN(S(=O)(=O)c2ccc([N+](=O)[O-])cc2)CC1. The van der Waals surface area contributed by atoms with Crippen LogP contribution in [0.2, 0.25) is 0 Å². The van der Waals surface area contributed by atoms with Crippen molar-refractivity contribution in [1.82, 2.24) is 14.4 Å². The molecule has 3 aromatic rings. The number of rotatable bonds is 5. The number of sulfonamides is 1. The number of piperazine rings is 1. The van der Waals surface area contributed by atoms with Gasteiger partial charge in [-0.25, -0.2) is 8.42 Å². The molecule has 1 amide bonds. The van der Waals surface area contributed by atoms with Gasteiger partial charge in [-0.1, -0.05) is 5.16 Å². The summed E-state index contributed by atoms with van der Waals surface area (Å²) >= 11 is 0. The monoisotopic (exact) mass is 432 g/mol. The molecule has 0 saturated carbocycles. The summed E-state index contributed by atoms with van der Waals surface area (Å²) < 4.78 is 37.1. The van der Waals surface area contributed by atoms with E-state index in [1.807, 2.05) is 0 Å². The van der Waals surface area contributed by atoms with E-state index in [1.54, 1.807) is 12.1 Å². The number of nitrogens with zero attached hydrogens (tertiary/aromatic N) is 4. The molecule has 0 aliphatic carbocycles. The van der Waals surface area contributed by atoms with Crippen LogP contribution in [-0.4, -0.2) is 59.8 Å². The van der Waals surface area contributed by atoms with Gasteiger partial charge in [0.25, 0.3) is 11.6 Å². The van der Waals surface area contributed by atoms with E-state index in [2.05, 4.69) is 5.16 Å². The van der Waals surface area contributed by atoms with Crippen molar-refractivity contribution in [2.45, 2.75) is 4.90 Å². The molecule has 0 atom stereocenters. The van der Waals surface area contributed by atoms with Gasteiger partial charge in [-0.2, -0.15) is 4.31 Å². The molecule has 4 rings (SSSR count). The fourth-order valence-corrected chi connectivity index (χ4v) is 4.52. The summed E-state index contributed by atoms with van der Waals surface area (Å²) in [5, 5.41) is 14.5. The Balaban J connectivity index is 1.42. The van der Waals surface area contributed by atoms with E-state index in [9.17, 15) is 23.3 Å². The zero-order valence-corrected chi connectivity index (χ0v) is 16.3. The molecule has 1 fully saturated rings. The van der Waals surface area contributed by atoms with E-state index in [1.165, 1.54) is 33.7 Å². The lowest BCUT2D eigenvalue weighted by Gasteiger charge is -2.33. The van der Waals surface area contributed by atoms with Gasteiger partial charge in [0, 0.05) is 44.4 Å². The molecule has 2 aromatic heterocycles. The summed E-state index contributed by atoms with van der Waals surface area (Å²) in [5.41, 5.74) is -0.0843. The largest absolute Gasteiger partial charge is 0.461 e. The summed E-state index contributed by atoms with van der Waals surface area (Å²) in [6.07, 6.45) is 1.48. The fourth-order valence-electron chi connectivity index (χ4n) is 3.09. The molecule has 0 N–H and O–H groups in total. The Kier molecular flexibility index (Phi) is 5.10. The van der Waals surface area contributed by atoms with Crippen LogP contribution >= 0.6 is 0 Å². The normalized spacial score (nSPS) is 15.3. The van der Waals surface area contributed by atoms with Crippen molar-refractivity contribution in [2.24, 2.45) is 0 Å². The van der Waals surface area contributed by atoms with Crippen molar-refractivity contribution in [1.29, 1.82) is 0 Å². The summed E-state index contributed by atoms with van der Waals surface area (Å²) in [6.45, 7) is 0.532. The van der Waals surface area contributed by atoms with Crippen LogP contribution in [0.5, 0.6) is 0 Å². The van der Waals surface area contributed by atoms with Crippen LogP contribution in [0.4, 0.5) is 5.69 Å². The van der Waals surface area contributed by atoms with E-state index >= 15 is 0 Å². The molecule has 12 heteroatoms. The van der Waals surface area contributed by atoms with Gasteiger partial charge < -0.3 is 13.8 Å². The third-order valence-electron chi connectivity index (χ3n) is 4.70. The van der Waals surface area contributed by atoms with Gasteiger partial charge in [-0.15, -0.1) is 0 Å². The summed E-state index contributed by atoms with van der Waals surface area (Å²) in [5.74, 6) is 0.396. The molecule has 1 aliphatic heterocycles. The van der Waals surface area contributed by atoms with Gasteiger partial charge in [0.15, 0.2) is 11.5 Å². The number of amides is 1. The first kappa shape index (κ1) is 19.8. The van der Waals surface area contributed by atoms with E-state index in [4.69, 9.17) is 8.94 Å². The Morgan fingerprint density at radius 3 is 2.37 bits per heavy atom. The third kappa shape index (κ3) is 3.69. The van der Waals surface area contributed by atoms with Crippen molar-refractivity contribution in [3.8, 4) is 11.5 Å². The number of non-ortho nitro benzene ring substituents is 1. The van der Waals surface area contributed by atoms with Crippen LogP contribution < -0.4 is 0 Å².